The Morgan fingerprint density at radius 3 is 2.71 bits per heavy atom. The molecule has 3 N–H and O–H groups in total. The Hall–Kier alpha value is -1.09. The second kappa shape index (κ2) is 10.7. The van der Waals surface area contributed by atoms with Crippen molar-refractivity contribution in [2.45, 2.75) is 26.8 Å². The minimum absolute atomic E-state index is 0. The molecule has 0 amide bonds. The van der Waals surface area contributed by atoms with E-state index in [0.29, 0.717) is 37.3 Å². The van der Waals surface area contributed by atoms with E-state index in [9.17, 15) is 4.39 Å². The molecule has 0 bridgehead atoms. The number of rotatable bonds is 6. The standard InChI is InChI=1S/C17H27FN4O.HI/c1-13(2)5-6-20-17(19)21-12-14-3-4-16(15(18)11-14)22-7-9-23-10-8-22;/h3-4,11,13H,5-10,12H2,1-2H3,(H3,19,20,21);1H. The quantitative estimate of drug-likeness (QED) is 0.398. The molecular weight excluding hydrogens is 422 g/mol. The van der Waals surface area contributed by atoms with E-state index in [1.54, 1.807) is 0 Å². The second-order valence-electron chi connectivity index (χ2n) is 6.20. The zero-order chi connectivity index (χ0) is 16.7. The Bertz CT molecular complexity index is 533. The fourth-order valence-electron chi connectivity index (χ4n) is 2.43. The molecule has 0 radical (unpaired) electrons. The monoisotopic (exact) mass is 450 g/mol. The number of hydrogen-bond acceptors (Lipinski definition) is 3. The SMILES string of the molecule is CC(C)CCNC(N)=NCc1ccc(N2CCOCC2)c(F)c1.I. The topological polar surface area (TPSA) is 62.9 Å². The van der Waals surface area contributed by atoms with E-state index in [-0.39, 0.29) is 29.8 Å². The third kappa shape index (κ3) is 6.80. The van der Waals surface area contributed by atoms with Crippen LogP contribution in [0.15, 0.2) is 23.2 Å². The van der Waals surface area contributed by atoms with Gasteiger partial charge in [0.1, 0.15) is 5.82 Å². The zero-order valence-corrected chi connectivity index (χ0v) is 16.8. The smallest absolute Gasteiger partial charge is 0.188 e. The van der Waals surface area contributed by atoms with Gasteiger partial charge in [-0.2, -0.15) is 0 Å². The van der Waals surface area contributed by atoms with Crippen molar-refractivity contribution in [1.82, 2.24) is 5.32 Å². The summed E-state index contributed by atoms with van der Waals surface area (Å²) in [4.78, 5) is 6.27. The second-order valence-corrected chi connectivity index (χ2v) is 6.20. The van der Waals surface area contributed by atoms with Crippen molar-refractivity contribution < 1.29 is 9.13 Å². The van der Waals surface area contributed by atoms with Crippen molar-refractivity contribution in [2.24, 2.45) is 16.6 Å². The Labute approximate surface area is 160 Å². The summed E-state index contributed by atoms with van der Waals surface area (Å²) < 4.78 is 19.6. The largest absolute Gasteiger partial charge is 0.378 e. The highest BCUT2D eigenvalue weighted by Crippen LogP contribution is 2.21. The summed E-state index contributed by atoms with van der Waals surface area (Å²) in [5.41, 5.74) is 7.26. The normalized spacial score (nSPS) is 15.3. The summed E-state index contributed by atoms with van der Waals surface area (Å²) in [6.45, 7) is 8.23. The Kier molecular flexibility index (Phi) is 9.35. The van der Waals surface area contributed by atoms with Gasteiger partial charge in [0.25, 0.3) is 0 Å². The fourth-order valence-corrected chi connectivity index (χ4v) is 2.43. The highest BCUT2D eigenvalue weighted by atomic mass is 127. The number of benzene rings is 1. The minimum atomic E-state index is -0.217. The maximum absolute atomic E-state index is 14.3. The summed E-state index contributed by atoms with van der Waals surface area (Å²) in [7, 11) is 0. The van der Waals surface area contributed by atoms with Gasteiger partial charge in [-0.15, -0.1) is 24.0 Å². The molecule has 0 aliphatic carbocycles. The first-order valence-corrected chi connectivity index (χ1v) is 8.21. The number of nitrogens with zero attached hydrogens (tertiary/aromatic N) is 2. The van der Waals surface area contributed by atoms with E-state index < -0.39 is 0 Å². The van der Waals surface area contributed by atoms with Crippen LogP contribution in [-0.4, -0.2) is 38.8 Å². The molecule has 1 heterocycles. The lowest BCUT2D eigenvalue weighted by Gasteiger charge is -2.29. The Balaban J connectivity index is 0.00000288. The van der Waals surface area contributed by atoms with Crippen molar-refractivity contribution in [2.75, 3.05) is 37.7 Å². The molecule has 0 aromatic heterocycles. The van der Waals surface area contributed by atoms with E-state index in [1.165, 1.54) is 6.07 Å². The van der Waals surface area contributed by atoms with Gasteiger partial charge in [0.05, 0.1) is 25.4 Å². The van der Waals surface area contributed by atoms with Gasteiger partial charge in [-0.1, -0.05) is 19.9 Å². The van der Waals surface area contributed by atoms with Crippen molar-refractivity contribution in [3.8, 4) is 0 Å². The molecule has 24 heavy (non-hydrogen) atoms. The summed E-state index contributed by atoms with van der Waals surface area (Å²) in [6, 6.07) is 5.25. The van der Waals surface area contributed by atoms with Crippen LogP contribution in [0.25, 0.3) is 0 Å². The molecule has 1 aliphatic heterocycles. The number of morpholine rings is 1. The first kappa shape index (κ1) is 21.0. The number of nitrogens with one attached hydrogen (secondary N) is 1. The van der Waals surface area contributed by atoms with E-state index in [4.69, 9.17) is 10.5 Å². The van der Waals surface area contributed by atoms with Crippen LogP contribution in [0.1, 0.15) is 25.8 Å². The number of halogens is 2. The number of ether oxygens (including phenoxy) is 1. The molecule has 1 aromatic rings. The summed E-state index contributed by atoms with van der Waals surface area (Å²) >= 11 is 0. The molecule has 1 aliphatic rings. The molecular formula is C17H28FIN4O. The molecule has 0 atom stereocenters. The van der Waals surface area contributed by atoms with E-state index in [0.717, 1.165) is 31.6 Å². The van der Waals surface area contributed by atoms with Crippen molar-refractivity contribution >= 4 is 35.6 Å². The van der Waals surface area contributed by atoms with Crippen LogP contribution in [0.4, 0.5) is 10.1 Å². The van der Waals surface area contributed by atoms with Gasteiger partial charge in [-0.05, 0) is 30.0 Å². The van der Waals surface area contributed by atoms with Gasteiger partial charge >= 0.3 is 0 Å². The van der Waals surface area contributed by atoms with Crippen LogP contribution < -0.4 is 16.0 Å². The average molecular weight is 450 g/mol. The van der Waals surface area contributed by atoms with E-state index in [1.807, 2.05) is 17.0 Å². The number of hydrogen-bond donors (Lipinski definition) is 2. The van der Waals surface area contributed by atoms with Crippen molar-refractivity contribution in [3.63, 3.8) is 0 Å². The molecule has 2 rings (SSSR count). The maximum atomic E-state index is 14.3. The van der Waals surface area contributed by atoms with Crippen LogP contribution in [0, 0.1) is 11.7 Å². The third-order valence-electron chi connectivity index (χ3n) is 3.82. The number of guanidine groups is 1. The lowest BCUT2D eigenvalue weighted by Crippen LogP contribution is -2.36. The Morgan fingerprint density at radius 2 is 2.08 bits per heavy atom. The number of anilines is 1. The van der Waals surface area contributed by atoms with Gasteiger partial charge in [-0.3, -0.25) is 0 Å². The average Bonchev–Trinajstić information content (AvgIpc) is 2.53. The van der Waals surface area contributed by atoms with E-state index >= 15 is 0 Å². The first-order valence-electron chi connectivity index (χ1n) is 8.21. The number of aliphatic imine (C=N–C) groups is 1. The fraction of sp³-hybridized carbons (Fsp3) is 0.588. The van der Waals surface area contributed by atoms with Gasteiger partial charge in [-0.25, -0.2) is 9.38 Å². The predicted octanol–water partition coefficient (Wildman–Crippen LogP) is 2.73. The molecule has 5 nitrogen and oxygen atoms in total. The first-order chi connectivity index (χ1) is 11.1. The predicted molar refractivity (Wildman–Crippen MR) is 108 cm³/mol. The van der Waals surface area contributed by atoms with E-state index in [2.05, 4.69) is 24.2 Å². The van der Waals surface area contributed by atoms with Gasteiger partial charge in [0, 0.05) is 19.6 Å². The molecule has 0 spiro atoms. The molecule has 7 heteroatoms. The minimum Gasteiger partial charge on any atom is -0.378 e. The highest BCUT2D eigenvalue weighted by Gasteiger charge is 2.15. The van der Waals surface area contributed by atoms with Crippen molar-refractivity contribution in [3.05, 3.63) is 29.6 Å². The molecule has 0 unspecified atom stereocenters. The molecule has 0 saturated carbocycles. The number of nitrogens with two attached hydrogens (primary N) is 1. The molecule has 1 saturated heterocycles. The van der Waals surface area contributed by atoms with Crippen molar-refractivity contribution in [1.29, 1.82) is 0 Å². The molecule has 1 aromatic carbocycles. The Morgan fingerprint density at radius 1 is 1.38 bits per heavy atom. The van der Waals surface area contributed by atoms with Gasteiger partial charge in [0.15, 0.2) is 5.96 Å². The molecule has 136 valence electrons. The zero-order valence-electron chi connectivity index (χ0n) is 14.4. The van der Waals surface area contributed by atoms with Crippen LogP contribution >= 0.6 is 24.0 Å². The highest BCUT2D eigenvalue weighted by molar-refractivity contribution is 14.0. The maximum Gasteiger partial charge on any atom is 0.188 e. The van der Waals surface area contributed by atoms with Gasteiger partial charge < -0.3 is 20.7 Å². The van der Waals surface area contributed by atoms with Crippen LogP contribution in [0.3, 0.4) is 0 Å². The van der Waals surface area contributed by atoms with Crippen LogP contribution in [-0.2, 0) is 11.3 Å². The summed E-state index contributed by atoms with van der Waals surface area (Å²) in [5.74, 6) is 0.811. The molecule has 1 fully saturated rings. The lowest BCUT2D eigenvalue weighted by atomic mass is 10.1. The summed E-state index contributed by atoms with van der Waals surface area (Å²) in [6.07, 6.45) is 1.04. The van der Waals surface area contributed by atoms with Gasteiger partial charge in [0.2, 0.25) is 0 Å². The lowest BCUT2D eigenvalue weighted by molar-refractivity contribution is 0.122. The van der Waals surface area contributed by atoms with Crippen LogP contribution in [0.2, 0.25) is 0 Å². The third-order valence-corrected chi connectivity index (χ3v) is 3.82. The van der Waals surface area contributed by atoms with Crippen LogP contribution in [0.5, 0.6) is 0 Å². The summed E-state index contributed by atoms with van der Waals surface area (Å²) in [5, 5.41) is 3.07.